The van der Waals surface area contributed by atoms with E-state index < -0.39 is 0 Å². The number of aryl methyl sites for hydroxylation is 2. The van der Waals surface area contributed by atoms with Gasteiger partial charge < -0.3 is 9.88 Å². The first-order chi connectivity index (χ1) is 7.79. The molecule has 0 saturated heterocycles. The van der Waals surface area contributed by atoms with Gasteiger partial charge in [0.1, 0.15) is 0 Å². The zero-order chi connectivity index (χ0) is 11.4. The van der Waals surface area contributed by atoms with Gasteiger partial charge in [-0.1, -0.05) is 26.2 Å². The summed E-state index contributed by atoms with van der Waals surface area (Å²) in [4.78, 5) is 4.53. The summed E-state index contributed by atoms with van der Waals surface area (Å²) in [6.45, 7) is 6.45. The Morgan fingerprint density at radius 2 is 2.31 bits per heavy atom. The van der Waals surface area contributed by atoms with E-state index in [0.717, 1.165) is 30.6 Å². The predicted octanol–water partition coefficient (Wildman–Crippen LogP) is 3.20. The number of anilines is 1. The van der Waals surface area contributed by atoms with Gasteiger partial charge in [0.15, 0.2) is 0 Å². The quantitative estimate of drug-likeness (QED) is 0.766. The SMILES string of the molecule is CCCCn1cc(C)nc1NCCC1CC1. The second-order valence-corrected chi connectivity index (χ2v) is 4.91. The van der Waals surface area contributed by atoms with E-state index in [0.29, 0.717) is 0 Å². The average Bonchev–Trinajstić information content (AvgIpc) is 3.00. The number of imidazole rings is 1. The topological polar surface area (TPSA) is 29.9 Å². The molecule has 1 fully saturated rings. The van der Waals surface area contributed by atoms with Crippen LogP contribution in [0.3, 0.4) is 0 Å². The largest absolute Gasteiger partial charge is 0.356 e. The minimum absolute atomic E-state index is 0.993. The van der Waals surface area contributed by atoms with Gasteiger partial charge in [0.05, 0.1) is 5.69 Å². The minimum atomic E-state index is 0.993. The molecule has 0 atom stereocenters. The van der Waals surface area contributed by atoms with Gasteiger partial charge in [-0.05, 0) is 25.7 Å². The Hall–Kier alpha value is -0.990. The molecule has 0 aliphatic heterocycles. The Bertz CT molecular complexity index is 326. The molecule has 90 valence electrons. The van der Waals surface area contributed by atoms with Crippen LogP contribution in [0.2, 0.25) is 0 Å². The number of nitrogens with zero attached hydrogens (tertiary/aromatic N) is 2. The summed E-state index contributed by atoms with van der Waals surface area (Å²) in [7, 11) is 0. The van der Waals surface area contributed by atoms with Crippen LogP contribution >= 0.6 is 0 Å². The van der Waals surface area contributed by atoms with Crippen LogP contribution in [0.1, 0.15) is 44.7 Å². The van der Waals surface area contributed by atoms with Crippen LogP contribution in [0.15, 0.2) is 6.20 Å². The molecule has 1 aromatic heterocycles. The molecule has 0 aromatic carbocycles. The van der Waals surface area contributed by atoms with Gasteiger partial charge in [-0.25, -0.2) is 4.98 Å². The van der Waals surface area contributed by atoms with E-state index in [2.05, 4.69) is 34.9 Å². The molecule has 1 heterocycles. The third-order valence-electron chi connectivity index (χ3n) is 3.18. The fourth-order valence-corrected chi connectivity index (χ4v) is 1.98. The summed E-state index contributed by atoms with van der Waals surface area (Å²) in [5.41, 5.74) is 1.12. The number of hydrogen-bond donors (Lipinski definition) is 1. The average molecular weight is 221 g/mol. The van der Waals surface area contributed by atoms with E-state index in [1.54, 1.807) is 0 Å². The lowest BCUT2D eigenvalue weighted by molar-refractivity contribution is 0.632. The van der Waals surface area contributed by atoms with Gasteiger partial charge in [0.25, 0.3) is 0 Å². The molecule has 16 heavy (non-hydrogen) atoms. The van der Waals surface area contributed by atoms with E-state index in [9.17, 15) is 0 Å². The molecule has 0 spiro atoms. The Labute approximate surface area is 98.3 Å². The number of rotatable bonds is 7. The molecule has 1 N–H and O–H groups in total. The molecule has 0 unspecified atom stereocenters. The highest BCUT2D eigenvalue weighted by atomic mass is 15.2. The molecule has 1 aromatic rings. The minimum Gasteiger partial charge on any atom is -0.356 e. The Morgan fingerprint density at radius 1 is 1.50 bits per heavy atom. The first-order valence-electron chi connectivity index (χ1n) is 6.57. The van der Waals surface area contributed by atoms with Gasteiger partial charge in [-0.15, -0.1) is 0 Å². The van der Waals surface area contributed by atoms with Crippen molar-refractivity contribution in [3.8, 4) is 0 Å². The Kier molecular flexibility index (Phi) is 3.86. The number of unbranched alkanes of at least 4 members (excludes halogenated alkanes) is 1. The van der Waals surface area contributed by atoms with E-state index in [1.807, 2.05) is 0 Å². The first kappa shape index (κ1) is 11.5. The summed E-state index contributed by atoms with van der Waals surface area (Å²) in [6.07, 6.45) is 8.79. The lowest BCUT2D eigenvalue weighted by atomic mass is 10.3. The molecule has 3 nitrogen and oxygen atoms in total. The number of aromatic nitrogens is 2. The molecule has 0 amide bonds. The molecule has 1 aliphatic rings. The second-order valence-electron chi connectivity index (χ2n) is 4.91. The van der Waals surface area contributed by atoms with Gasteiger partial charge >= 0.3 is 0 Å². The van der Waals surface area contributed by atoms with E-state index in [-0.39, 0.29) is 0 Å². The van der Waals surface area contributed by atoms with Crippen LogP contribution in [0.5, 0.6) is 0 Å². The molecule has 1 saturated carbocycles. The highest BCUT2D eigenvalue weighted by Crippen LogP contribution is 2.32. The maximum absolute atomic E-state index is 4.53. The third kappa shape index (κ3) is 3.26. The number of nitrogens with one attached hydrogen (secondary N) is 1. The van der Waals surface area contributed by atoms with Crippen molar-refractivity contribution in [2.75, 3.05) is 11.9 Å². The summed E-state index contributed by atoms with van der Waals surface area (Å²) in [5, 5.41) is 3.47. The lowest BCUT2D eigenvalue weighted by Crippen LogP contribution is -2.09. The molecule has 0 radical (unpaired) electrons. The highest BCUT2D eigenvalue weighted by molar-refractivity contribution is 5.28. The monoisotopic (exact) mass is 221 g/mol. The maximum atomic E-state index is 4.53. The maximum Gasteiger partial charge on any atom is 0.203 e. The van der Waals surface area contributed by atoms with Crippen molar-refractivity contribution in [3.05, 3.63) is 11.9 Å². The summed E-state index contributed by atoms with van der Waals surface area (Å²) in [5.74, 6) is 2.05. The van der Waals surface area contributed by atoms with Crippen molar-refractivity contribution >= 4 is 5.95 Å². The van der Waals surface area contributed by atoms with Crippen LogP contribution in [0, 0.1) is 12.8 Å². The van der Waals surface area contributed by atoms with Gasteiger partial charge in [0.2, 0.25) is 5.95 Å². The smallest absolute Gasteiger partial charge is 0.203 e. The van der Waals surface area contributed by atoms with Crippen LogP contribution in [0.4, 0.5) is 5.95 Å². The summed E-state index contributed by atoms with van der Waals surface area (Å²) in [6, 6.07) is 0. The molecule has 1 aliphatic carbocycles. The summed E-state index contributed by atoms with van der Waals surface area (Å²) >= 11 is 0. The first-order valence-corrected chi connectivity index (χ1v) is 6.57. The van der Waals surface area contributed by atoms with Crippen LogP contribution < -0.4 is 5.32 Å². The van der Waals surface area contributed by atoms with E-state index in [1.165, 1.54) is 32.1 Å². The standard InChI is InChI=1S/C13H23N3/c1-3-4-9-16-10-11(2)15-13(16)14-8-7-12-5-6-12/h10,12H,3-9H2,1-2H3,(H,14,15). The van der Waals surface area contributed by atoms with Gasteiger partial charge in [-0.2, -0.15) is 0 Å². The van der Waals surface area contributed by atoms with E-state index in [4.69, 9.17) is 0 Å². The van der Waals surface area contributed by atoms with Crippen molar-refractivity contribution in [1.82, 2.24) is 9.55 Å². The molecule has 3 heteroatoms. The Morgan fingerprint density at radius 3 is 3.00 bits per heavy atom. The van der Waals surface area contributed by atoms with Crippen molar-refractivity contribution in [2.24, 2.45) is 5.92 Å². The zero-order valence-electron chi connectivity index (χ0n) is 10.5. The molecule has 0 bridgehead atoms. The van der Waals surface area contributed by atoms with Crippen molar-refractivity contribution < 1.29 is 0 Å². The normalized spacial score (nSPS) is 15.4. The fourth-order valence-electron chi connectivity index (χ4n) is 1.98. The van der Waals surface area contributed by atoms with Crippen molar-refractivity contribution in [3.63, 3.8) is 0 Å². The van der Waals surface area contributed by atoms with Crippen LogP contribution in [0.25, 0.3) is 0 Å². The highest BCUT2D eigenvalue weighted by Gasteiger charge is 2.20. The Balaban J connectivity index is 1.84. The van der Waals surface area contributed by atoms with Crippen LogP contribution in [-0.2, 0) is 6.54 Å². The van der Waals surface area contributed by atoms with Gasteiger partial charge in [0, 0.05) is 19.3 Å². The number of hydrogen-bond acceptors (Lipinski definition) is 2. The molecular formula is C13H23N3. The third-order valence-corrected chi connectivity index (χ3v) is 3.18. The predicted molar refractivity (Wildman–Crippen MR) is 67.7 cm³/mol. The molecular weight excluding hydrogens is 198 g/mol. The zero-order valence-corrected chi connectivity index (χ0v) is 10.5. The fraction of sp³-hybridized carbons (Fsp3) is 0.769. The van der Waals surface area contributed by atoms with Crippen LogP contribution in [-0.4, -0.2) is 16.1 Å². The second kappa shape index (κ2) is 5.37. The van der Waals surface area contributed by atoms with Crippen molar-refractivity contribution in [1.29, 1.82) is 0 Å². The van der Waals surface area contributed by atoms with E-state index >= 15 is 0 Å². The lowest BCUT2D eigenvalue weighted by Gasteiger charge is -2.08. The molecule has 2 rings (SSSR count). The summed E-state index contributed by atoms with van der Waals surface area (Å²) < 4.78 is 2.26. The van der Waals surface area contributed by atoms with Crippen molar-refractivity contribution in [2.45, 2.75) is 52.5 Å². The van der Waals surface area contributed by atoms with Gasteiger partial charge in [-0.3, -0.25) is 0 Å².